The van der Waals surface area contributed by atoms with Crippen LogP contribution in [0.3, 0.4) is 0 Å². The van der Waals surface area contributed by atoms with E-state index in [4.69, 9.17) is 5.11 Å². The molecule has 1 unspecified atom stereocenters. The number of amides is 1. The van der Waals surface area contributed by atoms with Gasteiger partial charge in [-0.3, -0.25) is 18.7 Å². The average molecular weight is 345 g/mol. The second kappa shape index (κ2) is 5.99. The van der Waals surface area contributed by atoms with E-state index >= 15 is 0 Å². The van der Waals surface area contributed by atoms with Crippen LogP contribution in [0.2, 0.25) is 0 Å². The molecule has 1 fully saturated rings. The fourth-order valence-electron chi connectivity index (χ4n) is 3.90. The smallest absolute Gasteiger partial charge is 0.404 e. The van der Waals surface area contributed by atoms with Gasteiger partial charge < -0.3 is 15.3 Å². The highest BCUT2D eigenvalue weighted by atomic mass is 16.4. The molecule has 2 aliphatic rings. The van der Waals surface area contributed by atoms with Crippen LogP contribution in [0.1, 0.15) is 18.9 Å². The van der Waals surface area contributed by atoms with Crippen LogP contribution in [0.15, 0.2) is 27.9 Å². The molecule has 1 saturated heterocycles. The van der Waals surface area contributed by atoms with Gasteiger partial charge in [-0.15, -0.1) is 0 Å². The molecule has 0 radical (unpaired) electrons. The number of hydrogen-bond donors (Lipinski definition) is 2. The first-order chi connectivity index (χ1) is 12.0. The SMILES string of the molecule is O=C(O)NC1CCN(CC2Cn3c(=O)ccc4ncc(=O)n2c43)CC1. The molecule has 0 bridgehead atoms. The minimum Gasteiger partial charge on any atom is -0.465 e. The normalized spacial score (nSPS) is 20.9. The molecular weight excluding hydrogens is 326 g/mol. The van der Waals surface area contributed by atoms with E-state index < -0.39 is 6.09 Å². The molecule has 2 aromatic rings. The van der Waals surface area contributed by atoms with Crippen molar-refractivity contribution in [1.82, 2.24) is 24.3 Å². The van der Waals surface area contributed by atoms with Crippen LogP contribution in [-0.4, -0.2) is 55.9 Å². The topological polar surface area (TPSA) is 109 Å². The number of piperidine rings is 1. The van der Waals surface area contributed by atoms with Gasteiger partial charge in [0.25, 0.3) is 11.1 Å². The summed E-state index contributed by atoms with van der Waals surface area (Å²) in [5.41, 5.74) is 0.913. The van der Waals surface area contributed by atoms with E-state index in [1.54, 1.807) is 15.2 Å². The van der Waals surface area contributed by atoms with Gasteiger partial charge in [0.15, 0.2) is 0 Å². The predicted octanol–water partition coefficient (Wildman–Crippen LogP) is -0.155. The van der Waals surface area contributed by atoms with Crippen LogP contribution >= 0.6 is 0 Å². The van der Waals surface area contributed by atoms with E-state index in [1.807, 2.05) is 0 Å². The first kappa shape index (κ1) is 15.8. The standard InChI is InChI=1S/C16H19N5O4/c22-13-2-1-12-15-20(13)9-11(21(15)14(23)7-17-12)8-19-5-3-10(4-6-19)18-16(24)25/h1-2,7,10-11,18H,3-6,8-9H2,(H,24,25). The van der Waals surface area contributed by atoms with E-state index in [0.717, 1.165) is 25.9 Å². The lowest BCUT2D eigenvalue weighted by Crippen LogP contribution is -2.46. The predicted molar refractivity (Wildman–Crippen MR) is 89.9 cm³/mol. The van der Waals surface area contributed by atoms with Crippen LogP contribution in [0.4, 0.5) is 4.79 Å². The zero-order valence-electron chi connectivity index (χ0n) is 13.6. The van der Waals surface area contributed by atoms with Gasteiger partial charge in [0.1, 0.15) is 11.2 Å². The van der Waals surface area contributed by atoms with Gasteiger partial charge in [-0.2, -0.15) is 0 Å². The molecule has 0 aromatic carbocycles. The molecule has 2 aliphatic heterocycles. The van der Waals surface area contributed by atoms with Crippen LogP contribution in [0, 0.1) is 0 Å². The molecule has 0 aliphatic carbocycles. The number of likely N-dealkylation sites (tertiary alicyclic amines) is 1. The lowest BCUT2D eigenvalue weighted by atomic mass is 10.0. The van der Waals surface area contributed by atoms with E-state index in [9.17, 15) is 14.4 Å². The third-order valence-corrected chi connectivity index (χ3v) is 5.06. The zero-order valence-corrected chi connectivity index (χ0v) is 13.6. The summed E-state index contributed by atoms with van der Waals surface area (Å²) in [6, 6.07) is 3.00. The molecule has 4 heterocycles. The van der Waals surface area contributed by atoms with Crippen molar-refractivity contribution < 1.29 is 9.90 Å². The molecule has 2 aromatic heterocycles. The number of rotatable bonds is 3. The van der Waals surface area contributed by atoms with E-state index in [0.29, 0.717) is 24.3 Å². The Morgan fingerprint density at radius 3 is 2.72 bits per heavy atom. The lowest BCUT2D eigenvalue weighted by Gasteiger charge is -2.33. The van der Waals surface area contributed by atoms with Gasteiger partial charge in [0.05, 0.1) is 12.2 Å². The Balaban J connectivity index is 1.54. The second-order valence-corrected chi connectivity index (χ2v) is 6.64. The van der Waals surface area contributed by atoms with Gasteiger partial charge in [0, 0.05) is 38.3 Å². The summed E-state index contributed by atoms with van der Waals surface area (Å²) in [6.07, 6.45) is 1.80. The Morgan fingerprint density at radius 2 is 2.00 bits per heavy atom. The van der Waals surface area contributed by atoms with E-state index in [1.165, 1.54) is 12.3 Å². The second-order valence-electron chi connectivity index (χ2n) is 6.64. The summed E-state index contributed by atoms with van der Waals surface area (Å²) in [5.74, 6) is 0. The summed E-state index contributed by atoms with van der Waals surface area (Å²) in [7, 11) is 0. The highest BCUT2D eigenvalue weighted by Gasteiger charge is 2.29. The number of aromatic nitrogens is 3. The van der Waals surface area contributed by atoms with Crippen molar-refractivity contribution in [1.29, 1.82) is 0 Å². The average Bonchev–Trinajstić information content (AvgIpc) is 2.96. The molecular formula is C16H19N5O4. The number of pyridine rings is 1. The lowest BCUT2D eigenvalue weighted by molar-refractivity contribution is 0.157. The third kappa shape index (κ3) is 2.80. The summed E-state index contributed by atoms with van der Waals surface area (Å²) < 4.78 is 3.29. The summed E-state index contributed by atoms with van der Waals surface area (Å²) in [6.45, 7) is 2.63. The molecule has 4 rings (SSSR count). The number of nitrogens with one attached hydrogen (secondary N) is 1. The Hall–Kier alpha value is -2.68. The summed E-state index contributed by atoms with van der Waals surface area (Å²) in [5, 5.41) is 11.3. The molecule has 2 N–H and O–H groups in total. The van der Waals surface area contributed by atoms with Crippen molar-refractivity contribution in [3.8, 4) is 0 Å². The highest BCUT2D eigenvalue weighted by Crippen LogP contribution is 2.24. The van der Waals surface area contributed by atoms with Crippen molar-refractivity contribution in [3.05, 3.63) is 39.0 Å². The van der Waals surface area contributed by atoms with Crippen LogP contribution < -0.4 is 16.4 Å². The molecule has 132 valence electrons. The molecule has 1 atom stereocenters. The van der Waals surface area contributed by atoms with Gasteiger partial charge >= 0.3 is 6.09 Å². The Morgan fingerprint density at radius 1 is 1.24 bits per heavy atom. The summed E-state index contributed by atoms with van der Waals surface area (Å²) in [4.78, 5) is 41.5. The van der Waals surface area contributed by atoms with Crippen molar-refractivity contribution >= 4 is 17.3 Å². The van der Waals surface area contributed by atoms with Gasteiger partial charge in [0.2, 0.25) is 0 Å². The number of nitrogens with zero attached hydrogens (tertiary/aromatic N) is 4. The van der Waals surface area contributed by atoms with Crippen molar-refractivity contribution in [2.45, 2.75) is 31.5 Å². The maximum Gasteiger partial charge on any atom is 0.404 e. The third-order valence-electron chi connectivity index (χ3n) is 5.06. The molecule has 25 heavy (non-hydrogen) atoms. The van der Waals surface area contributed by atoms with Gasteiger partial charge in [-0.25, -0.2) is 9.78 Å². The fraction of sp³-hybridized carbons (Fsp3) is 0.500. The quantitative estimate of drug-likeness (QED) is 0.800. The Bertz CT molecular complexity index is 936. The fourth-order valence-corrected chi connectivity index (χ4v) is 3.90. The molecule has 9 heteroatoms. The number of hydrogen-bond acceptors (Lipinski definition) is 5. The highest BCUT2D eigenvalue weighted by molar-refractivity contribution is 5.71. The molecule has 9 nitrogen and oxygen atoms in total. The van der Waals surface area contributed by atoms with E-state index in [2.05, 4.69) is 15.2 Å². The van der Waals surface area contributed by atoms with E-state index in [-0.39, 0.29) is 23.2 Å². The van der Waals surface area contributed by atoms with Gasteiger partial charge in [-0.1, -0.05) is 0 Å². The molecule has 0 saturated carbocycles. The number of carboxylic acid groups (broad SMARTS) is 1. The minimum absolute atomic E-state index is 0.0208. The van der Waals surface area contributed by atoms with Crippen molar-refractivity contribution in [2.75, 3.05) is 19.6 Å². The van der Waals surface area contributed by atoms with Crippen LogP contribution in [0.5, 0.6) is 0 Å². The number of carbonyl (C=O) groups is 1. The maximum absolute atomic E-state index is 12.3. The van der Waals surface area contributed by atoms with Crippen molar-refractivity contribution in [2.24, 2.45) is 0 Å². The first-order valence-electron chi connectivity index (χ1n) is 8.36. The maximum atomic E-state index is 12.3. The Kier molecular flexibility index (Phi) is 3.79. The monoisotopic (exact) mass is 345 g/mol. The Labute approximate surface area is 142 Å². The zero-order chi connectivity index (χ0) is 17.6. The van der Waals surface area contributed by atoms with Crippen molar-refractivity contribution in [3.63, 3.8) is 0 Å². The van der Waals surface area contributed by atoms with Crippen LogP contribution in [-0.2, 0) is 6.54 Å². The first-order valence-corrected chi connectivity index (χ1v) is 8.36. The van der Waals surface area contributed by atoms with Gasteiger partial charge in [-0.05, 0) is 18.9 Å². The van der Waals surface area contributed by atoms with Crippen LogP contribution in [0.25, 0.3) is 11.2 Å². The molecule has 0 spiro atoms. The minimum atomic E-state index is -0.991. The largest absolute Gasteiger partial charge is 0.465 e. The molecule has 1 amide bonds. The summed E-state index contributed by atoms with van der Waals surface area (Å²) >= 11 is 0.